The van der Waals surface area contributed by atoms with E-state index in [1.807, 2.05) is 0 Å². The van der Waals surface area contributed by atoms with E-state index in [-0.39, 0.29) is 15.5 Å². The molecular formula is C12H10FNO3S2. The van der Waals surface area contributed by atoms with Crippen molar-refractivity contribution < 1.29 is 17.9 Å². The van der Waals surface area contributed by atoms with Crippen molar-refractivity contribution in [2.75, 3.05) is 0 Å². The van der Waals surface area contributed by atoms with E-state index in [9.17, 15) is 12.8 Å². The zero-order chi connectivity index (χ0) is 14.0. The first-order valence-electron chi connectivity index (χ1n) is 5.15. The summed E-state index contributed by atoms with van der Waals surface area (Å²) in [6.07, 6.45) is 0. The van der Waals surface area contributed by atoms with Crippen LogP contribution in [0.1, 0.15) is 0 Å². The molecule has 0 radical (unpaired) electrons. The van der Waals surface area contributed by atoms with Crippen molar-refractivity contribution in [2.24, 2.45) is 5.14 Å². The van der Waals surface area contributed by atoms with E-state index in [0.717, 1.165) is 22.7 Å². The van der Waals surface area contributed by atoms with Gasteiger partial charge in [0.2, 0.25) is 10.0 Å². The highest BCUT2D eigenvalue weighted by atomic mass is 32.2. The van der Waals surface area contributed by atoms with Gasteiger partial charge in [-0.3, -0.25) is 0 Å². The van der Waals surface area contributed by atoms with E-state index in [1.54, 1.807) is 12.1 Å². The summed E-state index contributed by atoms with van der Waals surface area (Å²) in [6, 6.07) is 9.73. The van der Waals surface area contributed by atoms with Gasteiger partial charge in [-0.2, -0.15) is 0 Å². The van der Waals surface area contributed by atoms with Crippen molar-refractivity contribution in [1.82, 2.24) is 0 Å². The average molecular weight is 299 g/mol. The zero-order valence-corrected chi connectivity index (χ0v) is 11.2. The first-order chi connectivity index (χ1) is 8.86. The van der Waals surface area contributed by atoms with E-state index in [4.69, 9.17) is 10.2 Å². The number of halogens is 1. The molecule has 0 bridgehead atoms. The summed E-state index contributed by atoms with van der Waals surface area (Å²) in [4.78, 5) is 0.734. The van der Waals surface area contributed by atoms with E-state index < -0.39 is 15.8 Å². The molecule has 4 nitrogen and oxygen atoms in total. The number of hydrogen-bond acceptors (Lipinski definition) is 4. The molecule has 2 aromatic rings. The van der Waals surface area contributed by atoms with E-state index in [0.29, 0.717) is 0 Å². The summed E-state index contributed by atoms with van der Waals surface area (Å²) in [5, 5.41) is 14.1. The fourth-order valence-electron chi connectivity index (χ4n) is 1.38. The minimum Gasteiger partial charge on any atom is -0.508 e. The second kappa shape index (κ2) is 5.20. The third-order valence-electron chi connectivity index (χ3n) is 2.30. The predicted molar refractivity (Wildman–Crippen MR) is 70.0 cm³/mol. The van der Waals surface area contributed by atoms with Gasteiger partial charge >= 0.3 is 0 Å². The maximum atomic E-state index is 13.8. The highest BCUT2D eigenvalue weighted by Crippen LogP contribution is 2.31. The van der Waals surface area contributed by atoms with Crippen LogP contribution in [0, 0.1) is 5.82 Å². The number of sulfonamides is 1. The molecule has 19 heavy (non-hydrogen) atoms. The lowest BCUT2D eigenvalue weighted by molar-refractivity contribution is 0.475. The number of primary sulfonamides is 1. The summed E-state index contributed by atoms with van der Waals surface area (Å²) < 4.78 is 35.9. The summed E-state index contributed by atoms with van der Waals surface area (Å²) in [7, 11) is -3.90. The number of hydrogen-bond donors (Lipinski definition) is 2. The van der Waals surface area contributed by atoms with Crippen molar-refractivity contribution >= 4 is 21.8 Å². The van der Waals surface area contributed by atoms with Crippen LogP contribution in [0.4, 0.5) is 4.39 Å². The number of benzene rings is 2. The fourth-order valence-corrected chi connectivity index (χ4v) is 2.73. The smallest absolute Gasteiger partial charge is 0.238 e. The molecule has 2 aromatic carbocycles. The van der Waals surface area contributed by atoms with Crippen molar-refractivity contribution in [3.8, 4) is 5.75 Å². The van der Waals surface area contributed by atoms with Crippen LogP contribution in [-0.4, -0.2) is 13.5 Å². The Morgan fingerprint density at radius 1 is 1.11 bits per heavy atom. The summed E-state index contributed by atoms with van der Waals surface area (Å²) in [5.74, 6) is -0.543. The number of rotatable bonds is 3. The van der Waals surface area contributed by atoms with Gasteiger partial charge in [-0.1, -0.05) is 11.8 Å². The van der Waals surface area contributed by atoms with E-state index >= 15 is 0 Å². The Balaban J connectivity index is 2.29. The van der Waals surface area contributed by atoms with Gasteiger partial charge < -0.3 is 5.11 Å². The molecule has 0 unspecified atom stereocenters. The molecular weight excluding hydrogens is 289 g/mol. The molecule has 0 aliphatic rings. The Morgan fingerprint density at radius 3 is 2.26 bits per heavy atom. The second-order valence-corrected chi connectivity index (χ2v) is 6.41. The Labute approximate surface area is 114 Å². The van der Waals surface area contributed by atoms with Gasteiger partial charge in [0.15, 0.2) is 0 Å². The molecule has 0 fully saturated rings. The van der Waals surface area contributed by atoms with Crippen LogP contribution in [0.3, 0.4) is 0 Å². The van der Waals surface area contributed by atoms with Crippen LogP contribution in [0.2, 0.25) is 0 Å². The van der Waals surface area contributed by atoms with Crippen LogP contribution < -0.4 is 5.14 Å². The molecule has 100 valence electrons. The Morgan fingerprint density at radius 2 is 1.74 bits per heavy atom. The van der Waals surface area contributed by atoms with Crippen LogP contribution in [0.25, 0.3) is 0 Å². The van der Waals surface area contributed by atoms with E-state index in [2.05, 4.69) is 0 Å². The monoisotopic (exact) mass is 299 g/mol. The lowest BCUT2D eigenvalue weighted by Crippen LogP contribution is -2.12. The van der Waals surface area contributed by atoms with Crippen LogP contribution in [0.5, 0.6) is 5.75 Å². The van der Waals surface area contributed by atoms with Crippen LogP contribution in [-0.2, 0) is 10.0 Å². The highest BCUT2D eigenvalue weighted by molar-refractivity contribution is 7.99. The molecule has 0 heterocycles. The minimum atomic E-state index is -3.90. The van der Waals surface area contributed by atoms with Crippen LogP contribution in [0.15, 0.2) is 57.2 Å². The average Bonchev–Trinajstić information content (AvgIpc) is 2.33. The molecule has 0 spiro atoms. The van der Waals surface area contributed by atoms with Gasteiger partial charge in [0, 0.05) is 9.79 Å². The lowest BCUT2D eigenvalue weighted by atomic mass is 10.3. The number of aromatic hydroxyl groups is 1. The van der Waals surface area contributed by atoms with Crippen molar-refractivity contribution in [3.05, 3.63) is 48.3 Å². The zero-order valence-electron chi connectivity index (χ0n) is 9.58. The number of phenolic OH excluding ortho intramolecular Hbond substituents is 1. The summed E-state index contributed by atoms with van der Waals surface area (Å²) in [6.45, 7) is 0. The van der Waals surface area contributed by atoms with Crippen molar-refractivity contribution in [1.29, 1.82) is 0 Å². The predicted octanol–water partition coefficient (Wildman–Crippen LogP) is 2.33. The molecule has 0 amide bonds. The molecule has 2 rings (SSSR count). The van der Waals surface area contributed by atoms with Crippen molar-refractivity contribution in [3.63, 3.8) is 0 Å². The van der Waals surface area contributed by atoms with Gasteiger partial charge in [-0.25, -0.2) is 17.9 Å². The largest absolute Gasteiger partial charge is 0.508 e. The number of phenols is 1. The highest BCUT2D eigenvalue weighted by Gasteiger charge is 2.12. The van der Waals surface area contributed by atoms with Gasteiger partial charge in [0.1, 0.15) is 11.6 Å². The van der Waals surface area contributed by atoms with Gasteiger partial charge in [0.05, 0.1) is 4.90 Å². The summed E-state index contributed by atoms with van der Waals surface area (Å²) >= 11 is 1.12. The van der Waals surface area contributed by atoms with Gasteiger partial charge in [-0.05, 0) is 42.5 Å². The SMILES string of the molecule is NS(=O)(=O)c1ccc(Sc2ccc(O)cc2)c(F)c1. The molecule has 0 aliphatic carbocycles. The molecule has 0 saturated heterocycles. The molecule has 0 atom stereocenters. The molecule has 0 aromatic heterocycles. The van der Waals surface area contributed by atoms with Crippen molar-refractivity contribution in [2.45, 2.75) is 14.7 Å². The van der Waals surface area contributed by atoms with Gasteiger partial charge in [-0.15, -0.1) is 0 Å². The lowest BCUT2D eigenvalue weighted by Gasteiger charge is -2.05. The van der Waals surface area contributed by atoms with E-state index in [1.165, 1.54) is 24.3 Å². The molecule has 7 heteroatoms. The molecule has 3 N–H and O–H groups in total. The first-order valence-corrected chi connectivity index (χ1v) is 7.52. The summed E-state index contributed by atoms with van der Waals surface area (Å²) in [5.41, 5.74) is 0. The normalized spacial score (nSPS) is 11.5. The fraction of sp³-hybridized carbons (Fsp3) is 0. The minimum absolute atomic E-state index is 0.120. The van der Waals surface area contributed by atoms with Crippen LogP contribution >= 0.6 is 11.8 Å². The maximum absolute atomic E-state index is 13.8. The third kappa shape index (κ3) is 3.46. The first kappa shape index (κ1) is 13.9. The topological polar surface area (TPSA) is 80.4 Å². The molecule has 0 aliphatic heterocycles. The third-order valence-corrected chi connectivity index (χ3v) is 4.27. The Bertz CT molecular complexity index is 699. The number of nitrogens with two attached hydrogens (primary N) is 1. The van der Waals surface area contributed by atoms with Gasteiger partial charge in [0.25, 0.3) is 0 Å². The maximum Gasteiger partial charge on any atom is 0.238 e. The Kier molecular flexibility index (Phi) is 3.79. The Hall–Kier alpha value is -1.57. The quantitative estimate of drug-likeness (QED) is 0.911. The molecule has 0 saturated carbocycles. The second-order valence-electron chi connectivity index (χ2n) is 3.73. The standard InChI is InChI=1S/C12H10FNO3S2/c13-11-7-10(19(14,16)17)5-6-12(11)18-9-3-1-8(15)2-4-9/h1-7,15H,(H2,14,16,17).